The van der Waals surface area contributed by atoms with Crippen molar-refractivity contribution in [3.8, 4) is 0 Å². The van der Waals surface area contributed by atoms with Gasteiger partial charge in [0.25, 0.3) is 0 Å². The van der Waals surface area contributed by atoms with Gasteiger partial charge < -0.3 is 9.05 Å². The Morgan fingerprint density at radius 2 is 1.47 bits per heavy atom. The number of hydrogen-bond donors (Lipinski definition) is 0. The maximum Gasteiger partial charge on any atom is 0.375 e. The molecule has 0 saturated heterocycles. The molecule has 4 unspecified atom stereocenters. The zero-order valence-electron chi connectivity index (χ0n) is 25.2. The molecule has 10 atom stereocenters. The predicted molar refractivity (Wildman–Crippen MR) is 151 cm³/mol. The lowest BCUT2D eigenvalue weighted by Gasteiger charge is -2.66. The van der Waals surface area contributed by atoms with E-state index in [1.165, 1.54) is 64.2 Å². The molecule has 0 bridgehead atoms. The topological polar surface area (TPSA) is 18.5 Å². The molecule has 0 amide bonds. The van der Waals surface area contributed by atoms with Crippen molar-refractivity contribution in [1.82, 2.24) is 0 Å². The summed E-state index contributed by atoms with van der Waals surface area (Å²) in [6.07, 6.45) is 15.8. The Labute approximate surface area is 224 Å². The molecule has 0 aromatic heterocycles. The van der Waals surface area contributed by atoms with Gasteiger partial charge in [-0.05, 0) is 130 Å². The van der Waals surface area contributed by atoms with Crippen molar-refractivity contribution in [2.24, 2.45) is 51.8 Å². The maximum atomic E-state index is 14.6. The smallest absolute Gasteiger partial charge is 0.306 e. The van der Waals surface area contributed by atoms with Crippen LogP contribution in [0.4, 0.5) is 4.20 Å². The largest absolute Gasteiger partial charge is 0.375 e. The fourth-order valence-corrected chi connectivity index (χ4v) is 11.3. The molecular weight excluding hydrogens is 466 g/mol. The fraction of sp³-hybridized carbons (Fsp3) is 1.00. The van der Waals surface area contributed by atoms with E-state index in [0.717, 1.165) is 42.4 Å². The third kappa shape index (κ3) is 5.61. The lowest BCUT2D eigenvalue weighted by Crippen LogP contribution is -2.59. The molecule has 4 aliphatic rings. The Kier molecular flexibility index (Phi) is 8.69. The van der Waals surface area contributed by atoms with Gasteiger partial charge in [0.05, 0.1) is 11.7 Å². The van der Waals surface area contributed by atoms with E-state index in [4.69, 9.17) is 9.05 Å². The second-order valence-electron chi connectivity index (χ2n) is 15.8. The molecule has 0 aromatic carbocycles. The van der Waals surface area contributed by atoms with Crippen LogP contribution < -0.4 is 0 Å². The summed E-state index contributed by atoms with van der Waals surface area (Å²) in [6, 6.07) is 0. The Hall–Kier alpha value is 0.280. The van der Waals surface area contributed by atoms with Gasteiger partial charge in [-0.2, -0.15) is 4.20 Å². The molecule has 210 valence electrons. The number of halogens is 1. The van der Waals surface area contributed by atoms with E-state index in [0.29, 0.717) is 22.2 Å². The van der Waals surface area contributed by atoms with E-state index < -0.39 is 14.3 Å². The van der Waals surface area contributed by atoms with Gasteiger partial charge >= 0.3 is 8.69 Å². The zero-order chi connectivity index (χ0) is 26.5. The first-order chi connectivity index (χ1) is 16.7. The zero-order valence-corrected chi connectivity index (χ0v) is 26.1. The van der Waals surface area contributed by atoms with E-state index in [9.17, 15) is 4.20 Å². The van der Waals surface area contributed by atoms with Crippen LogP contribution in [0, 0.1) is 51.8 Å². The molecule has 36 heavy (non-hydrogen) atoms. The monoisotopic (exact) mass is 524 g/mol. The quantitative estimate of drug-likeness (QED) is 0.294. The first kappa shape index (κ1) is 29.3. The highest BCUT2D eigenvalue weighted by Crippen LogP contribution is 2.73. The summed E-state index contributed by atoms with van der Waals surface area (Å²) in [4.78, 5) is 0. The standard InChI is InChI=1S/C32H58FO2P/c1-22(2)11-10-12-23(3)26-13-14-27-31(26,8)20-17-28-30(7)19-16-25(34-36(33)35-29(4,5)6)21-24(30)15-18-32(27,28)9/h22-28H,10-21H2,1-9H3/t23-,24?,25+,26-,27?,28?,30+,31-,32+,36?/m1/s1. The van der Waals surface area contributed by atoms with Crippen LogP contribution in [0.15, 0.2) is 0 Å². The first-order valence-electron chi connectivity index (χ1n) is 15.5. The Morgan fingerprint density at radius 1 is 0.833 bits per heavy atom. The normalized spacial score (nSPS) is 44.6. The molecule has 0 radical (unpaired) electrons. The third-order valence-corrected chi connectivity index (χ3v) is 13.1. The molecular formula is C32H58FO2P. The van der Waals surface area contributed by atoms with Gasteiger partial charge in [0.1, 0.15) is 0 Å². The number of rotatable bonds is 8. The first-order valence-corrected chi connectivity index (χ1v) is 16.6. The Balaban J connectivity index is 1.43. The van der Waals surface area contributed by atoms with E-state index in [-0.39, 0.29) is 6.10 Å². The lowest BCUT2D eigenvalue weighted by atomic mass is 9.39. The van der Waals surface area contributed by atoms with Gasteiger partial charge in [-0.3, -0.25) is 0 Å². The average Bonchev–Trinajstić information content (AvgIpc) is 3.11. The minimum atomic E-state index is -2.29. The van der Waals surface area contributed by atoms with Crippen molar-refractivity contribution < 1.29 is 13.2 Å². The van der Waals surface area contributed by atoms with Crippen LogP contribution in [0.2, 0.25) is 0 Å². The lowest BCUT2D eigenvalue weighted by molar-refractivity contribution is -0.175. The second-order valence-corrected chi connectivity index (χ2v) is 16.6. The summed E-state index contributed by atoms with van der Waals surface area (Å²) >= 11 is 0. The molecule has 4 rings (SSSR count). The minimum absolute atomic E-state index is 0.0299. The van der Waals surface area contributed by atoms with E-state index in [2.05, 4.69) is 41.5 Å². The van der Waals surface area contributed by atoms with E-state index in [1.807, 2.05) is 20.8 Å². The highest BCUT2D eigenvalue weighted by molar-refractivity contribution is 7.41. The van der Waals surface area contributed by atoms with Crippen molar-refractivity contribution in [3.05, 3.63) is 0 Å². The summed E-state index contributed by atoms with van der Waals surface area (Å²) in [5.41, 5.74) is 0.899. The maximum absolute atomic E-state index is 14.6. The molecule has 0 aliphatic heterocycles. The van der Waals surface area contributed by atoms with E-state index >= 15 is 0 Å². The van der Waals surface area contributed by atoms with E-state index in [1.54, 1.807) is 0 Å². The molecule has 0 N–H and O–H groups in total. The van der Waals surface area contributed by atoms with Crippen LogP contribution in [0.25, 0.3) is 0 Å². The highest BCUT2D eigenvalue weighted by atomic mass is 31.2. The molecule has 4 aliphatic carbocycles. The molecule has 0 aromatic rings. The van der Waals surface area contributed by atoms with Crippen LogP contribution in [0.3, 0.4) is 0 Å². The molecule has 4 saturated carbocycles. The van der Waals surface area contributed by atoms with Gasteiger partial charge in [0.2, 0.25) is 0 Å². The van der Waals surface area contributed by atoms with Crippen molar-refractivity contribution in [1.29, 1.82) is 0 Å². The summed E-state index contributed by atoms with van der Waals surface area (Å²) in [5.74, 6) is 4.97. The summed E-state index contributed by atoms with van der Waals surface area (Å²) in [7, 11) is -2.29. The molecule has 0 heterocycles. The van der Waals surface area contributed by atoms with Crippen molar-refractivity contribution in [2.75, 3.05) is 0 Å². The minimum Gasteiger partial charge on any atom is -0.306 e. The SMILES string of the molecule is CC(C)CCC[C@@H](C)[C@H]1CCC2[C@]3(C)CCC4C[C@@H](OP(F)OC(C)(C)C)CC[C@]4(C)C3CC[C@@]21C. The van der Waals surface area contributed by atoms with Crippen molar-refractivity contribution >= 4 is 8.69 Å². The van der Waals surface area contributed by atoms with Crippen LogP contribution >= 0.6 is 8.69 Å². The van der Waals surface area contributed by atoms with Crippen LogP contribution in [0.5, 0.6) is 0 Å². The van der Waals surface area contributed by atoms with Crippen LogP contribution in [0.1, 0.15) is 139 Å². The van der Waals surface area contributed by atoms with Gasteiger partial charge in [-0.15, -0.1) is 0 Å². The van der Waals surface area contributed by atoms with Crippen LogP contribution in [-0.2, 0) is 9.05 Å². The number of fused-ring (bicyclic) bond motifs is 5. The summed E-state index contributed by atoms with van der Waals surface area (Å²) < 4.78 is 25.9. The molecule has 0 spiro atoms. The summed E-state index contributed by atoms with van der Waals surface area (Å²) in [5, 5.41) is 0. The fourth-order valence-electron chi connectivity index (χ4n) is 10.4. The number of hydrogen-bond acceptors (Lipinski definition) is 2. The predicted octanol–water partition coefficient (Wildman–Crippen LogP) is 10.9. The second kappa shape index (κ2) is 10.7. The van der Waals surface area contributed by atoms with Gasteiger partial charge in [0.15, 0.2) is 0 Å². The van der Waals surface area contributed by atoms with Gasteiger partial charge in [-0.1, -0.05) is 60.8 Å². The molecule has 4 heteroatoms. The van der Waals surface area contributed by atoms with Crippen LogP contribution in [-0.4, -0.2) is 11.7 Å². The van der Waals surface area contributed by atoms with Gasteiger partial charge in [0, 0.05) is 0 Å². The average molecular weight is 525 g/mol. The van der Waals surface area contributed by atoms with Crippen molar-refractivity contribution in [2.45, 2.75) is 151 Å². The molecule has 2 nitrogen and oxygen atoms in total. The molecule has 4 fully saturated rings. The third-order valence-electron chi connectivity index (χ3n) is 12.0. The van der Waals surface area contributed by atoms with Gasteiger partial charge in [-0.25, -0.2) is 0 Å². The Bertz CT molecular complexity index is 751. The summed E-state index contributed by atoms with van der Waals surface area (Å²) in [6.45, 7) is 21.0. The Morgan fingerprint density at radius 3 is 2.14 bits per heavy atom. The highest BCUT2D eigenvalue weighted by Gasteiger charge is 2.65. The van der Waals surface area contributed by atoms with Crippen molar-refractivity contribution in [3.63, 3.8) is 0 Å².